The zero-order chi connectivity index (χ0) is 19.4. The van der Waals surface area contributed by atoms with Crippen molar-refractivity contribution in [2.24, 2.45) is 0 Å². The van der Waals surface area contributed by atoms with Gasteiger partial charge in [-0.2, -0.15) is 0 Å². The molecular formula is C21H14FNO4. The van der Waals surface area contributed by atoms with Crippen LogP contribution in [0.4, 0.5) is 10.1 Å². The van der Waals surface area contributed by atoms with Crippen molar-refractivity contribution >= 4 is 23.3 Å². The Labute approximate surface area is 154 Å². The predicted molar refractivity (Wildman–Crippen MR) is 97.6 cm³/mol. The zero-order valence-electron chi connectivity index (χ0n) is 14.0. The van der Waals surface area contributed by atoms with Crippen LogP contribution < -0.4 is 5.32 Å². The number of rotatable bonds is 5. The van der Waals surface area contributed by atoms with Gasteiger partial charge in [0.2, 0.25) is 0 Å². The Morgan fingerprint density at radius 2 is 1.41 bits per heavy atom. The molecule has 0 saturated carbocycles. The highest BCUT2D eigenvalue weighted by Crippen LogP contribution is 2.18. The van der Waals surface area contributed by atoms with Gasteiger partial charge in [0.1, 0.15) is 5.82 Å². The molecule has 0 bridgehead atoms. The molecule has 1 amide bonds. The molecule has 3 rings (SSSR count). The van der Waals surface area contributed by atoms with E-state index in [2.05, 4.69) is 5.32 Å². The summed E-state index contributed by atoms with van der Waals surface area (Å²) < 4.78 is 14.0. The fourth-order valence-electron chi connectivity index (χ4n) is 2.59. The first kappa shape index (κ1) is 18.0. The lowest BCUT2D eigenvalue weighted by Gasteiger charge is -2.09. The monoisotopic (exact) mass is 363 g/mol. The smallest absolute Gasteiger partial charge is 0.336 e. The topological polar surface area (TPSA) is 83.5 Å². The van der Waals surface area contributed by atoms with E-state index in [1.54, 1.807) is 24.3 Å². The molecule has 0 aliphatic rings. The second kappa shape index (κ2) is 7.61. The van der Waals surface area contributed by atoms with Gasteiger partial charge in [-0.25, -0.2) is 9.18 Å². The molecule has 0 unspecified atom stereocenters. The van der Waals surface area contributed by atoms with E-state index < -0.39 is 28.8 Å². The summed E-state index contributed by atoms with van der Waals surface area (Å²) in [5, 5.41) is 11.6. The normalized spacial score (nSPS) is 10.3. The van der Waals surface area contributed by atoms with E-state index in [9.17, 15) is 18.8 Å². The molecule has 0 saturated heterocycles. The lowest BCUT2D eigenvalue weighted by molar-refractivity contribution is 0.0691. The van der Waals surface area contributed by atoms with Crippen molar-refractivity contribution in [1.82, 2.24) is 0 Å². The van der Waals surface area contributed by atoms with Gasteiger partial charge in [-0.3, -0.25) is 9.59 Å². The van der Waals surface area contributed by atoms with E-state index in [-0.39, 0.29) is 5.78 Å². The highest BCUT2D eigenvalue weighted by atomic mass is 19.1. The molecule has 3 aromatic carbocycles. The maximum atomic E-state index is 14.0. The molecule has 134 valence electrons. The van der Waals surface area contributed by atoms with Crippen molar-refractivity contribution in [3.8, 4) is 0 Å². The molecule has 0 fully saturated rings. The summed E-state index contributed by atoms with van der Waals surface area (Å²) in [5.41, 5.74) is 0.296. The highest BCUT2D eigenvalue weighted by Gasteiger charge is 2.21. The molecule has 0 aliphatic carbocycles. The van der Waals surface area contributed by atoms with Crippen molar-refractivity contribution in [3.05, 3.63) is 101 Å². The number of hydrogen-bond donors (Lipinski definition) is 2. The fraction of sp³-hybridized carbons (Fsp3) is 0. The minimum atomic E-state index is -1.40. The summed E-state index contributed by atoms with van der Waals surface area (Å²) in [4.78, 5) is 35.9. The van der Waals surface area contributed by atoms with Gasteiger partial charge in [0.25, 0.3) is 5.91 Å². The number of carboxylic acids is 1. The highest BCUT2D eigenvalue weighted by molar-refractivity contribution is 6.11. The summed E-state index contributed by atoms with van der Waals surface area (Å²) >= 11 is 0. The average Bonchev–Trinajstić information content (AvgIpc) is 2.68. The van der Waals surface area contributed by atoms with Crippen molar-refractivity contribution in [1.29, 1.82) is 0 Å². The number of carbonyl (C=O) groups is 3. The van der Waals surface area contributed by atoms with Gasteiger partial charge in [-0.05, 0) is 36.4 Å². The van der Waals surface area contributed by atoms with Crippen molar-refractivity contribution in [3.63, 3.8) is 0 Å². The molecule has 0 heterocycles. The predicted octanol–water partition coefficient (Wildman–Crippen LogP) is 4.01. The third kappa shape index (κ3) is 3.90. The Bertz CT molecular complexity index is 1010. The summed E-state index contributed by atoms with van der Waals surface area (Å²) in [7, 11) is 0. The number of anilines is 1. The second-order valence-corrected chi connectivity index (χ2v) is 5.69. The maximum absolute atomic E-state index is 14.0. The Kier molecular flexibility index (Phi) is 5.08. The number of ketones is 1. The minimum absolute atomic E-state index is 0.171. The van der Waals surface area contributed by atoms with Gasteiger partial charge >= 0.3 is 5.97 Å². The number of nitrogens with one attached hydrogen (secondary N) is 1. The quantitative estimate of drug-likeness (QED) is 0.671. The van der Waals surface area contributed by atoms with Crippen LogP contribution in [0.3, 0.4) is 0 Å². The number of hydrogen-bond acceptors (Lipinski definition) is 3. The number of carboxylic acid groups (broad SMARTS) is 1. The summed E-state index contributed by atoms with van der Waals surface area (Å²) in [6.45, 7) is 0. The van der Waals surface area contributed by atoms with Crippen LogP contribution in [0.15, 0.2) is 72.8 Å². The second-order valence-electron chi connectivity index (χ2n) is 5.69. The lowest BCUT2D eigenvalue weighted by atomic mass is 10.0. The Balaban J connectivity index is 1.81. The number of amides is 1. The van der Waals surface area contributed by atoms with Crippen molar-refractivity contribution in [2.75, 3.05) is 5.32 Å². The molecule has 5 nitrogen and oxygen atoms in total. The van der Waals surface area contributed by atoms with E-state index in [0.29, 0.717) is 16.8 Å². The van der Waals surface area contributed by atoms with E-state index in [4.69, 9.17) is 5.11 Å². The number of halogens is 1. The fourth-order valence-corrected chi connectivity index (χ4v) is 2.59. The van der Waals surface area contributed by atoms with E-state index in [1.165, 1.54) is 30.3 Å². The van der Waals surface area contributed by atoms with E-state index in [1.807, 2.05) is 6.07 Å². The van der Waals surface area contributed by atoms with Crippen LogP contribution in [0.1, 0.15) is 36.6 Å². The SMILES string of the molecule is O=C(c1ccccc1)c1ccc(NC(=O)c2c(F)cccc2C(=O)O)cc1. The number of carbonyl (C=O) groups excluding carboxylic acids is 2. The third-order valence-corrected chi connectivity index (χ3v) is 3.91. The molecule has 0 radical (unpaired) electrons. The largest absolute Gasteiger partial charge is 0.478 e. The first-order valence-electron chi connectivity index (χ1n) is 8.00. The van der Waals surface area contributed by atoms with Gasteiger partial charge in [0, 0.05) is 16.8 Å². The minimum Gasteiger partial charge on any atom is -0.478 e. The van der Waals surface area contributed by atoms with Crippen LogP contribution in [-0.2, 0) is 0 Å². The van der Waals surface area contributed by atoms with Crippen LogP contribution in [-0.4, -0.2) is 22.8 Å². The Morgan fingerprint density at radius 3 is 2.04 bits per heavy atom. The lowest BCUT2D eigenvalue weighted by Crippen LogP contribution is -2.18. The van der Waals surface area contributed by atoms with Gasteiger partial charge in [-0.1, -0.05) is 36.4 Å². The van der Waals surface area contributed by atoms with Crippen LogP contribution in [0.25, 0.3) is 0 Å². The molecule has 0 spiro atoms. The van der Waals surface area contributed by atoms with Gasteiger partial charge in [0.05, 0.1) is 11.1 Å². The van der Waals surface area contributed by atoms with Gasteiger partial charge in [0.15, 0.2) is 5.78 Å². The Morgan fingerprint density at radius 1 is 0.778 bits per heavy atom. The average molecular weight is 363 g/mol. The van der Waals surface area contributed by atoms with Crippen LogP contribution in [0.5, 0.6) is 0 Å². The molecule has 6 heteroatoms. The molecular weight excluding hydrogens is 349 g/mol. The molecule has 2 N–H and O–H groups in total. The number of benzene rings is 3. The summed E-state index contributed by atoms with van der Waals surface area (Å²) in [6.07, 6.45) is 0. The van der Waals surface area contributed by atoms with Gasteiger partial charge < -0.3 is 10.4 Å². The zero-order valence-corrected chi connectivity index (χ0v) is 14.0. The van der Waals surface area contributed by atoms with Gasteiger partial charge in [-0.15, -0.1) is 0 Å². The van der Waals surface area contributed by atoms with Crippen LogP contribution >= 0.6 is 0 Å². The van der Waals surface area contributed by atoms with Crippen LogP contribution in [0.2, 0.25) is 0 Å². The number of aromatic carboxylic acids is 1. The molecule has 3 aromatic rings. The molecule has 0 atom stereocenters. The Hall–Kier alpha value is -3.80. The summed E-state index contributed by atoms with van der Waals surface area (Å²) in [6, 6.07) is 18.2. The summed E-state index contributed by atoms with van der Waals surface area (Å²) in [5.74, 6) is -3.38. The molecule has 27 heavy (non-hydrogen) atoms. The molecule has 0 aliphatic heterocycles. The first-order chi connectivity index (χ1) is 13.0. The maximum Gasteiger partial charge on any atom is 0.336 e. The first-order valence-corrected chi connectivity index (χ1v) is 8.00. The van der Waals surface area contributed by atoms with E-state index in [0.717, 1.165) is 12.1 Å². The third-order valence-electron chi connectivity index (χ3n) is 3.91. The van der Waals surface area contributed by atoms with E-state index >= 15 is 0 Å². The van der Waals surface area contributed by atoms with Crippen LogP contribution in [0, 0.1) is 5.82 Å². The molecule has 0 aromatic heterocycles. The van der Waals surface area contributed by atoms with Crippen molar-refractivity contribution < 1.29 is 23.9 Å². The van der Waals surface area contributed by atoms with Crippen molar-refractivity contribution in [2.45, 2.75) is 0 Å². The standard InChI is InChI=1S/C21H14FNO4/c22-17-8-4-7-16(21(26)27)18(17)20(25)23-15-11-9-14(10-12-15)19(24)13-5-2-1-3-6-13/h1-12H,(H,23,25)(H,26,27).